The number of fused-ring (bicyclic) bond motifs is 16. The van der Waals surface area contributed by atoms with E-state index in [0.29, 0.717) is 0 Å². The average Bonchev–Trinajstić information content (AvgIpc) is 3.54. The number of aryl methyl sites for hydroxylation is 4. The van der Waals surface area contributed by atoms with E-state index in [-0.39, 0.29) is 0 Å². The third kappa shape index (κ3) is 2.85. The van der Waals surface area contributed by atoms with E-state index in [2.05, 4.69) is 113 Å². The second kappa shape index (κ2) is 7.81. The highest BCUT2D eigenvalue weighted by atomic mass is 32.1. The minimum absolute atomic E-state index is 1.35. The summed E-state index contributed by atoms with van der Waals surface area (Å²) in [6, 6.07) is 32.6. The van der Waals surface area contributed by atoms with E-state index in [0.717, 1.165) is 0 Å². The van der Waals surface area contributed by atoms with Crippen LogP contribution in [-0.4, -0.2) is 0 Å². The standard InChI is InChI=1S/C38H26S2/c1-19-13-25-27-17-28-26-14-20(2)22(4)16-30(26)36-24-10-6-8-12-34(24)40-38(36)32(28)18-31(27)37-35(29(25)15-21(19)3)23-9-5-7-11-33(23)39-37/h5-18H,1-4H3. The molecule has 0 nitrogen and oxygen atoms in total. The summed E-state index contributed by atoms with van der Waals surface area (Å²) in [6.07, 6.45) is 0. The van der Waals surface area contributed by atoms with Gasteiger partial charge in [0.1, 0.15) is 0 Å². The molecule has 9 aromatic rings. The summed E-state index contributed by atoms with van der Waals surface area (Å²) in [5.41, 5.74) is 5.41. The topological polar surface area (TPSA) is 0 Å². The molecule has 0 bridgehead atoms. The van der Waals surface area contributed by atoms with Crippen LogP contribution in [0.3, 0.4) is 0 Å². The summed E-state index contributed by atoms with van der Waals surface area (Å²) >= 11 is 3.89. The summed E-state index contributed by atoms with van der Waals surface area (Å²) in [6.45, 7) is 8.99. The van der Waals surface area contributed by atoms with Gasteiger partial charge in [-0.25, -0.2) is 0 Å². The maximum atomic E-state index is 2.53. The van der Waals surface area contributed by atoms with Gasteiger partial charge in [-0.15, -0.1) is 22.7 Å². The minimum Gasteiger partial charge on any atom is -0.135 e. The van der Waals surface area contributed by atoms with Gasteiger partial charge in [-0.1, -0.05) is 60.7 Å². The zero-order valence-electron chi connectivity index (χ0n) is 22.9. The fourth-order valence-corrected chi connectivity index (χ4v) is 9.41. The van der Waals surface area contributed by atoms with Crippen LogP contribution in [0, 0.1) is 27.7 Å². The number of benzene rings is 7. The molecule has 0 aliphatic rings. The lowest BCUT2D eigenvalue weighted by molar-refractivity contribution is 1.37. The third-order valence-electron chi connectivity index (χ3n) is 9.22. The monoisotopic (exact) mass is 546 g/mol. The predicted molar refractivity (Wildman–Crippen MR) is 181 cm³/mol. The van der Waals surface area contributed by atoms with Crippen molar-refractivity contribution in [1.29, 1.82) is 0 Å². The Morgan fingerprint density at radius 3 is 1.15 bits per heavy atom. The molecule has 0 spiro atoms. The largest absolute Gasteiger partial charge is 0.135 e. The zero-order chi connectivity index (χ0) is 26.9. The quantitative estimate of drug-likeness (QED) is 0.131. The van der Waals surface area contributed by atoms with Gasteiger partial charge in [0.05, 0.1) is 0 Å². The van der Waals surface area contributed by atoms with Gasteiger partial charge in [-0.05, 0) is 107 Å². The van der Waals surface area contributed by atoms with Crippen molar-refractivity contribution in [3.8, 4) is 0 Å². The van der Waals surface area contributed by atoms with E-state index in [1.807, 2.05) is 22.7 Å². The van der Waals surface area contributed by atoms with Crippen LogP contribution in [-0.2, 0) is 0 Å². The van der Waals surface area contributed by atoms with Crippen molar-refractivity contribution in [3.05, 3.63) is 107 Å². The highest BCUT2D eigenvalue weighted by Gasteiger charge is 2.20. The average molecular weight is 547 g/mol. The molecule has 0 unspecified atom stereocenters. The molecule has 0 N–H and O–H groups in total. The van der Waals surface area contributed by atoms with Gasteiger partial charge in [0, 0.05) is 51.1 Å². The summed E-state index contributed by atoms with van der Waals surface area (Å²) in [5.74, 6) is 0. The molecule has 0 radical (unpaired) electrons. The van der Waals surface area contributed by atoms with Crippen LogP contribution < -0.4 is 0 Å². The van der Waals surface area contributed by atoms with E-state index in [1.165, 1.54) is 106 Å². The number of hydrogen-bond donors (Lipinski definition) is 0. The molecule has 2 heterocycles. The summed E-state index contributed by atoms with van der Waals surface area (Å²) in [5, 5.41) is 16.5. The second-order valence-electron chi connectivity index (χ2n) is 11.5. The van der Waals surface area contributed by atoms with Crippen LogP contribution in [0.25, 0.3) is 83.4 Å². The Balaban J connectivity index is 1.62. The molecule has 0 aliphatic heterocycles. The maximum absolute atomic E-state index is 2.53. The molecule has 0 atom stereocenters. The third-order valence-corrected chi connectivity index (χ3v) is 11.6. The van der Waals surface area contributed by atoms with E-state index < -0.39 is 0 Å². The summed E-state index contributed by atoms with van der Waals surface area (Å²) in [7, 11) is 0. The fourth-order valence-electron chi connectivity index (χ4n) is 6.92. The van der Waals surface area contributed by atoms with E-state index in [1.54, 1.807) is 0 Å². The first-order chi connectivity index (χ1) is 19.5. The van der Waals surface area contributed by atoms with Crippen LogP contribution in [0.4, 0.5) is 0 Å². The number of rotatable bonds is 0. The summed E-state index contributed by atoms with van der Waals surface area (Å²) < 4.78 is 5.54. The lowest BCUT2D eigenvalue weighted by Crippen LogP contribution is -1.89. The minimum atomic E-state index is 1.35. The highest BCUT2D eigenvalue weighted by molar-refractivity contribution is 7.27. The first-order valence-electron chi connectivity index (χ1n) is 13.9. The molecular formula is C38H26S2. The molecule has 0 aliphatic carbocycles. The first-order valence-corrected chi connectivity index (χ1v) is 15.6. The van der Waals surface area contributed by atoms with E-state index >= 15 is 0 Å². The molecule has 9 rings (SSSR count). The van der Waals surface area contributed by atoms with Gasteiger partial charge in [-0.3, -0.25) is 0 Å². The van der Waals surface area contributed by atoms with Crippen molar-refractivity contribution in [1.82, 2.24) is 0 Å². The van der Waals surface area contributed by atoms with Gasteiger partial charge in [0.15, 0.2) is 0 Å². The van der Waals surface area contributed by atoms with E-state index in [4.69, 9.17) is 0 Å². The Labute approximate surface area is 240 Å². The Kier molecular flexibility index (Phi) is 4.45. The SMILES string of the molecule is Cc1cc2c3cc4c5cc(C)c(C)cc5c5c6ccccc6sc5c4cc3c3sc4ccccc4c3c2cc1C. The lowest BCUT2D eigenvalue weighted by atomic mass is 9.89. The van der Waals surface area contributed by atoms with Crippen molar-refractivity contribution < 1.29 is 0 Å². The zero-order valence-corrected chi connectivity index (χ0v) is 24.5. The normalized spacial score (nSPS) is 12.5. The van der Waals surface area contributed by atoms with Crippen molar-refractivity contribution in [2.24, 2.45) is 0 Å². The van der Waals surface area contributed by atoms with Gasteiger partial charge < -0.3 is 0 Å². The van der Waals surface area contributed by atoms with Crippen molar-refractivity contribution in [2.45, 2.75) is 27.7 Å². The van der Waals surface area contributed by atoms with Gasteiger partial charge in [-0.2, -0.15) is 0 Å². The predicted octanol–water partition coefficient (Wildman–Crippen LogP) is 12.3. The molecule has 7 aromatic carbocycles. The smallest absolute Gasteiger partial charge is 0.0440 e. The van der Waals surface area contributed by atoms with Crippen molar-refractivity contribution in [2.75, 3.05) is 0 Å². The molecule has 0 fully saturated rings. The number of thiophene rings is 2. The first kappa shape index (κ1) is 22.8. The van der Waals surface area contributed by atoms with E-state index in [9.17, 15) is 0 Å². The molecule has 0 amide bonds. The molecule has 0 saturated heterocycles. The summed E-state index contributed by atoms with van der Waals surface area (Å²) in [4.78, 5) is 0. The fraction of sp³-hybridized carbons (Fsp3) is 0.105. The number of hydrogen-bond acceptors (Lipinski definition) is 2. The van der Waals surface area contributed by atoms with Crippen LogP contribution in [0.5, 0.6) is 0 Å². The van der Waals surface area contributed by atoms with Crippen molar-refractivity contribution in [3.63, 3.8) is 0 Å². The van der Waals surface area contributed by atoms with Crippen LogP contribution in [0.2, 0.25) is 0 Å². The van der Waals surface area contributed by atoms with Gasteiger partial charge in [0.25, 0.3) is 0 Å². The van der Waals surface area contributed by atoms with Gasteiger partial charge in [0.2, 0.25) is 0 Å². The Morgan fingerprint density at radius 2 is 0.700 bits per heavy atom. The van der Waals surface area contributed by atoms with Crippen LogP contribution in [0.1, 0.15) is 22.3 Å². The molecule has 40 heavy (non-hydrogen) atoms. The second-order valence-corrected chi connectivity index (χ2v) is 13.6. The van der Waals surface area contributed by atoms with Crippen LogP contribution >= 0.6 is 22.7 Å². The Morgan fingerprint density at radius 1 is 0.350 bits per heavy atom. The molecule has 190 valence electrons. The molecular weight excluding hydrogens is 521 g/mol. The highest BCUT2D eigenvalue weighted by Crippen LogP contribution is 2.49. The molecule has 0 saturated carbocycles. The van der Waals surface area contributed by atoms with Gasteiger partial charge >= 0.3 is 0 Å². The van der Waals surface area contributed by atoms with Crippen LogP contribution in [0.15, 0.2) is 84.9 Å². The molecule has 2 aromatic heterocycles. The molecule has 2 heteroatoms. The Hall–Kier alpha value is -3.98. The Bertz CT molecular complexity index is 2400. The maximum Gasteiger partial charge on any atom is 0.0440 e. The van der Waals surface area contributed by atoms with Crippen molar-refractivity contribution >= 4 is 106 Å². The lowest BCUT2D eigenvalue weighted by Gasteiger charge is -2.15.